The van der Waals surface area contributed by atoms with E-state index in [1.807, 2.05) is 16.1 Å². The second-order valence-corrected chi connectivity index (χ2v) is 5.59. The van der Waals surface area contributed by atoms with Gasteiger partial charge in [0.05, 0.1) is 18.8 Å². The van der Waals surface area contributed by atoms with Crippen LogP contribution in [0.3, 0.4) is 0 Å². The standard InChI is InChI=1S/C13H15N3O2S/c1-2-18-13(17)11-12(9-5-6-9)16(15-14-11)8-10-4-3-7-19-10/h3-4,7,9H,2,5-6,8H2,1H3. The molecule has 0 saturated heterocycles. The van der Waals surface area contributed by atoms with Crippen LogP contribution in [0.5, 0.6) is 0 Å². The summed E-state index contributed by atoms with van der Waals surface area (Å²) < 4.78 is 6.89. The molecule has 2 aromatic heterocycles. The average Bonchev–Trinajstić information content (AvgIpc) is 2.95. The van der Waals surface area contributed by atoms with E-state index in [0.717, 1.165) is 18.5 Å². The molecule has 2 aromatic rings. The fraction of sp³-hybridized carbons (Fsp3) is 0.462. The Morgan fingerprint density at radius 2 is 2.42 bits per heavy atom. The zero-order valence-electron chi connectivity index (χ0n) is 10.7. The van der Waals surface area contributed by atoms with Crippen LogP contribution in [0.4, 0.5) is 0 Å². The summed E-state index contributed by atoms with van der Waals surface area (Å²) in [6.45, 7) is 2.83. The summed E-state index contributed by atoms with van der Waals surface area (Å²) in [7, 11) is 0. The van der Waals surface area contributed by atoms with Gasteiger partial charge in [0, 0.05) is 10.8 Å². The Balaban J connectivity index is 1.90. The molecule has 0 amide bonds. The molecular weight excluding hydrogens is 262 g/mol. The largest absolute Gasteiger partial charge is 0.461 e. The summed E-state index contributed by atoms with van der Waals surface area (Å²) in [5.74, 6) is 0.0520. The number of thiophene rings is 1. The molecule has 0 bridgehead atoms. The molecule has 5 nitrogen and oxygen atoms in total. The first-order valence-electron chi connectivity index (χ1n) is 6.42. The summed E-state index contributed by atoms with van der Waals surface area (Å²) in [4.78, 5) is 13.1. The van der Waals surface area contributed by atoms with E-state index >= 15 is 0 Å². The maximum atomic E-state index is 11.9. The van der Waals surface area contributed by atoms with E-state index in [0.29, 0.717) is 24.8 Å². The topological polar surface area (TPSA) is 57.0 Å². The molecule has 0 aromatic carbocycles. The van der Waals surface area contributed by atoms with Crippen LogP contribution in [0.15, 0.2) is 17.5 Å². The van der Waals surface area contributed by atoms with E-state index < -0.39 is 0 Å². The molecule has 1 aliphatic carbocycles. The predicted octanol–water partition coefficient (Wildman–Crippen LogP) is 2.44. The second-order valence-electron chi connectivity index (χ2n) is 4.56. The minimum Gasteiger partial charge on any atom is -0.461 e. The van der Waals surface area contributed by atoms with Crippen molar-refractivity contribution in [2.24, 2.45) is 0 Å². The minimum absolute atomic E-state index is 0.359. The Morgan fingerprint density at radius 1 is 1.58 bits per heavy atom. The molecule has 6 heteroatoms. The van der Waals surface area contributed by atoms with Gasteiger partial charge in [-0.15, -0.1) is 16.4 Å². The lowest BCUT2D eigenvalue weighted by molar-refractivity contribution is 0.0518. The monoisotopic (exact) mass is 277 g/mol. The van der Waals surface area contributed by atoms with Crippen molar-refractivity contribution < 1.29 is 9.53 Å². The molecule has 3 rings (SSSR count). The maximum Gasteiger partial charge on any atom is 0.360 e. The Labute approximate surface area is 115 Å². The van der Waals surface area contributed by atoms with E-state index in [4.69, 9.17) is 4.74 Å². The lowest BCUT2D eigenvalue weighted by Crippen LogP contribution is -2.10. The molecule has 0 N–H and O–H groups in total. The van der Waals surface area contributed by atoms with Gasteiger partial charge in [-0.2, -0.15) is 0 Å². The maximum absolute atomic E-state index is 11.9. The summed E-state index contributed by atoms with van der Waals surface area (Å²) in [6.07, 6.45) is 2.20. The fourth-order valence-corrected chi connectivity index (χ4v) is 2.78. The fourth-order valence-electron chi connectivity index (χ4n) is 2.09. The first kappa shape index (κ1) is 12.3. The van der Waals surface area contributed by atoms with Gasteiger partial charge in [0.15, 0.2) is 5.69 Å². The number of hydrogen-bond donors (Lipinski definition) is 0. The minimum atomic E-state index is -0.359. The molecule has 2 heterocycles. The van der Waals surface area contributed by atoms with Crippen molar-refractivity contribution >= 4 is 17.3 Å². The van der Waals surface area contributed by atoms with Crippen molar-refractivity contribution in [3.63, 3.8) is 0 Å². The van der Waals surface area contributed by atoms with Crippen LogP contribution in [0.1, 0.15) is 46.7 Å². The Kier molecular flexibility index (Phi) is 3.33. The summed E-state index contributed by atoms with van der Waals surface area (Å²) in [5, 5.41) is 10.2. The van der Waals surface area contributed by atoms with Gasteiger partial charge < -0.3 is 4.74 Å². The third-order valence-electron chi connectivity index (χ3n) is 3.09. The molecule has 1 fully saturated rings. The quantitative estimate of drug-likeness (QED) is 0.788. The van der Waals surface area contributed by atoms with Crippen LogP contribution < -0.4 is 0 Å². The molecule has 0 spiro atoms. The van der Waals surface area contributed by atoms with Gasteiger partial charge >= 0.3 is 5.97 Å². The van der Waals surface area contributed by atoms with Crippen LogP contribution in [-0.4, -0.2) is 27.6 Å². The van der Waals surface area contributed by atoms with E-state index in [-0.39, 0.29) is 5.97 Å². The highest BCUT2D eigenvalue weighted by molar-refractivity contribution is 7.09. The van der Waals surface area contributed by atoms with E-state index in [1.54, 1.807) is 18.3 Å². The summed E-state index contributed by atoms with van der Waals surface area (Å²) >= 11 is 1.68. The van der Waals surface area contributed by atoms with Crippen molar-refractivity contribution in [2.75, 3.05) is 6.61 Å². The van der Waals surface area contributed by atoms with Gasteiger partial charge in [-0.3, -0.25) is 0 Å². The third kappa shape index (κ3) is 2.53. The first-order chi connectivity index (χ1) is 9.29. The van der Waals surface area contributed by atoms with Gasteiger partial charge in [0.1, 0.15) is 0 Å². The van der Waals surface area contributed by atoms with Gasteiger partial charge in [-0.25, -0.2) is 9.48 Å². The number of nitrogens with zero attached hydrogens (tertiary/aromatic N) is 3. The summed E-state index contributed by atoms with van der Waals surface area (Å²) in [6, 6.07) is 4.08. The van der Waals surface area contributed by atoms with Crippen LogP contribution in [0.2, 0.25) is 0 Å². The van der Waals surface area contributed by atoms with Crippen molar-refractivity contribution in [2.45, 2.75) is 32.2 Å². The molecular formula is C13H15N3O2S. The average molecular weight is 277 g/mol. The van der Waals surface area contributed by atoms with Gasteiger partial charge in [-0.1, -0.05) is 11.3 Å². The van der Waals surface area contributed by atoms with Gasteiger partial charge in [0.2, 0.25) is 0 Å². The first-order valence-corrected chi connectivity index (χ1v) is 7.30. The normalized spacial score (nSPS) is 14.6. The smallest absolute Gasteiger partial charge is 0.360 e. The highest BCUT2D eigenvalue weighted by Gasteiger charge is 2.34. The predicted molar refractivity (Wildman–Crippen MR) is 71.4 cm³/mol. The van der Waals surface area contributed by atoms with Crippen molar-refractivity contribution in [3.8, 4) is 0 Å². The molecule has 1 aliphatic rings. The van der Waals surface area contributed by atoms with E-state index in [9.17, 15) is 4.79 Å². The number of hydrogen-bond acceptors (Lipinski definition) is 5. The van der Waals surface area contributed by atoms with Crippen molar-refractivity contribution in [1.29, 1.82) is 0 Å². The number of rotatable bonds is 5. The molecule has 19 heavy (non-hydrogen) atoms. The lowest BCUT2D eigenvalue weighted by Gasteiger charge is -2.05. The van der Waals surface area contributed by atoms with E-state index in [1.165, 1.54) is 4.88 Å². The van der Waals surface area contributed by atoms with Crippen LogP contribution in [0.25, 0.3) is 0 Å². The highest BCUT2D eigenvalue weighted by Crippen LogP contribution is 2.41. The molecule has 0 unspecified atom stereocenters. The number of ether oxygens (including phenoxy) is 1. The highest BCUT2D eigenvalue weighted by atomic mass is 32.1. The molecule has 0 radical (unpaired) electrons. The zero-order chi connectivity index (χ0) is 13.2. The number of carbonyl (C=O) groups is 1. The number of aromatic nitrogens is 3. The summed E-state index contributed by atoms with van der Waals surface area (Å²) in [5.41, 5.74) is 1.33. The molecule has 0 aliphatic heterocycles. The zero-order valence-corrected chi connectivity index (χ0v) is 11.5. The van der Waals surface area contributed by atoms with Gasteiger partial charge in [0.25, 0.3) is 0 Å². The van der Waals surface area contributed by atoms with Crippen LogP contribution >= 0.6 is 11.3 Å². The van der Waals surface area contributed by atoms with Crippen LogP contribution in [-0.2, 0) is 11.3 Å². The second kappa shape index (κ2) is 5.13. The Morgan fingerprint density at radius 3 is 3.05 bits per heavy atom. The SMILES string of the molecule is CCOC(=O)c1nnn(Cc2cccs2)c1C1CC1. The van der Waals surface area contributed by atoms with E-state index in [2.05, 4.69) is 16.4 Å². The lowest BCUT2D eigenvalue weighted by atomic mass is 10.2. The van der Waals surface area contributed by atoms with Crippen molar-refractivity contribution in [1.82, 2.24) is 15.0 Å². The van der Waals surface area contributed by atoms with Crippen LogP contribution in [0, 0.1) is 0 Å². The number of carbonyl (C=O) groups excluding carboxylic acids is 1. The van der Waals surface area contributed by atoms with Gasteiger partial charge in [-0.05, 0) is 31.2 Å². The molecule has 1 saturated carbocycles. The molecule has 100 valence electrons. The Hall–Kier alpha value is -1.69. The number of esters is 1. The Bertz CT molecular complexity index is 573. The molecule has 0 atom stereocenters. The third-order valence-corrected chi connectivity index (χ3v) is 3.95. The van der Waals surface area contributed by atoms with Crippen molar-refractivity contribution in [3.05, 3.63) is 33.8 Å².